The molecule has 23 heavy (non-hydrogen) atoms. The highest BCUT2D eigenvalue weighted by Gasteiger charge is 2.06. The van der Waals surface area contributed by atoms with Crippen molar-refractivity contribution in [2.75, 3.05) is 18.2 Å². The first-order chi connectivity index (χ1) is 11.2. The number of benzene rings is 2. The number of imidazole rings is 1. The summed E-state index contributed by atoms with van der Waals surface area (Å²) in [6.45, 7) is 0. The first kappa shape index (κ1) is 15.4. The average molecular weight is 327 g/mol. The fraction of sp³-hybridized carbons (Fsp3) is 0.176. The molecule has 0 aliphatic rings. The van der Waals surface area contributed by atoms with Crippen molar-refractivity contribution >= 4 is 34.4 Å². The normalized spacial score (nSPS) is 10.7. The number of carbonyl (C=O) groups excluding carboxylic acids is 1. The van der Waals surface area contributed by atoms with Crippen LogP contribution in [-0.2, 0) is 4.79 Å². The summed E-state index contributed by atoms with van der Waals surface area (Å²) in [6.07, 6.45) is 0.416. The van der Waals surface area contributed by atoms with Crippen LogP contribution in [0.5, 0.6) is 5.75 Å². The molecule has 1 amide bonds. The van der Waals surface area contributed by atoms with Gasteiger partial charge in [0.2, 0.25) is 5.91 Å². The van der Waals surface area contributed by atoms with Gasteiger partial charge in [0.15, 0.2) is 5.16 Å². The minimum absolute atomic E-state index is 0.0261. The van der Waals surface area contributed by atoms with Gasteiger partial charge in [0.05, 0.1) is 18.1 Å². The number of carbonyl (C=O) groups is 1. The number of aromatic nitrogens is 2. The van der Waals surface area contributed by atoms with E-state index in [0.29, 0.717) is 12.2 Å². The summed E-state index contributed by atoms with van der Waals surface area (Å²) in [5, 5.41) is 3.70. The first-order valence-electron chi connectivity index (χ1n) is 7.26. The highest BCUT2D eigenvalue weighted by Crippen LogP contribution is 2.20. The zero-order valence-electron chi connectivity index (χ0n) is 12.7. The van der Waals surface area contributed by atoms with E-state index in [0.717, 1.165) is 27.6 Å². The van der Waals surface area contributed by atoms with Gasteiger partial charge in [-0.2, -0.15) is 0 Å². The maximum absolute atomic E-state index is 12.0. The van der Waals surface area contributed by atoms with Gasteiger partial charge in [0.1, 0.15) is 5.75 Å². The van der Waals surface area contributed by atoms with Crippen LogP contribution in [0.1, 0.15) is 6.42 Å². The van der Waals surface area contributed by atoms with Crippen molar-refractivity contribution in [3.8, 4) is 5.75 Å². The number of nitrogens with zero attached hydrogens (tertiary/aromatic N) is 1. The molecule has 5 nitrogen and oxygen atoms in total. The third-order valence-electron chi connectivity index (χ3n) is 3.29. The number of methoxy groups -OCH3 is 1. The summed E-state index contributed by atoms with van der Waals surface area (Å²) >= 11 is 1.54. The maximum Gasteiger partial charge on any atom is 0.225 e. The highest BCUT2D eigenvalue weighted by molar-refractivity contribution is 7.99. The molecule has 0 saturated carbocycles. The predicted molar refractivity (Wildman–Crippen MR) is 93.1 cm³/mol. The van der Waals surface area contributed by atoms with Crippen molar-refractivity contribution in [2.24, 2.45) is 0 Å². The first-order valence-corrected chi connectivity index (χ1v) is 8.24. The number of nitrogens with one attached hydrogen (secondary N) is 2. The van der Waals surface area contributed by atoms with Crippen LogP contribution in [-0.4, -0.2) is 28.7 Å². The second-order valence-electron chi connectivity index (χ2n) is 4.94. The molecule has 3 aromatic rings. The molecule has 3 rings (SSSR count). The van der Waals surface area contributed by atoms with E-state index in [1.807, 2.05) is 42.5 Å². The van der Waals surface area contributed by atoms with Crippen LogP contribution in [0.2, 0.25) is 0 Å². The molecule has 0 aliphatic heterocycles. The van der Waals surface area contributed by atoms with Crippen molar-refractivity contribution in [1.82, 2.24) is 9.97 Å². The number of ether oxygens (including phenoxy) is 1. The number of aromatic amines is 1. The fourth-order valence-electron chi connectivity index (χ4n) is 2.16. The molecule has 0 atom stereocenters. The van der Waals surface area contributed by atoms with Gasteiger partial charge in [-0.1, -0.05) is 30.0 Å². The highest BCUT2D eigenvalue weighted by atomic mass is 32.2. The summed E-state index contributed by atoms with van der Waals surface area (Å²) < 4.78 is 5.14. The Hall–Kier alpha value is -2.47. The molecule has 2 N–H and O–H groups in total. The quantitative estimate of drug-likeness (QED) is 0.678. The van der Waals surface area contributed by atoms with Gasteiger partial charge in [0, 0.05) is 23.9 Å². The Morgan fingerprint density at radius 2 is 2.13 bits per heavy atom. The SMILES string of the molecule is COc1cccc(NC(=O)CCSc2nc3ccccc3[nH]2)c1. The number of para-hydroxylation sites is 2. The Morgan fingerprint density at radius 1 is 1.26 bits per heavy atom. The van der Waals surface area contributed by atoms with Gasteiger partial charge in [-0.3, -0.25) is 4.79 Å². The number of H-pyrrole nitrogens is 1. The number of hydrogen-bond acceptors (Lipinski definition) is 4. The molecule has 0 fully saturated rings. The molecule has 118 valence electrons. The van der Waals surface area contributed by atoms with E-state index in [1.54, 1.807) is 24.9 Å². The average Bonchev–Trinajstić information content (AvgIpc) is 2.97. The van der Waals surface area contributed by atoms with E-state index in [-0.39, 0.29) is 5.91 Å². The van der Waals surface area contributed by atoms with Crippen LogP contribution in [0.15, 0.2) is 53.7 Å². The van der Waals surface area contributed by atoms with Gasteiger partial charge in [-0.25, -0.2) is 4.98 Å². The second kappa shape index (κ2) is 7.19. The van der Waals surface area contributed by atoms with E-state index in [1.165, 1.54) is 0 Å². The smallest absolute Gasteiger partial charge is 0.225 e. The van der Waals surface area contributed by atoms with Crippen molar-refractivity contribution in [3.63, 3.8) is 0 Å². The van der Waals surface area contributed by atoms with Crippen LogP contribution in [0, 0.1) is 0 Å². The molecular formula is C17H17N3O2S. The largest absolute Gasteiger partial charge is 0.497 e. The van der Waals surface area contributed by atoms with Crippen LogP contribution < -0.4 is 10.1 Å². The predicted octanol–water partition coefficient (Wildman–Crippen LogP) is 3.69. The molecule has 0 bridgehead atoms. The number of hydrogen-bond donors (Lipinski definition) is 2. The molecule has 0 saturated heterocycles. The lowest BCUT2D eigenvalue weighted by Crippen LogP contribution is -2.12. The number of rotatable bonds is 6. The van der Waals surface area contributed by atoms with E-state index >= 15 is 0 Å². The van der Waals surface area contributed by atoms with Gasteiger partial charge in [0.25, 0.3) is 0 Å². The van der Waals surface area contributed by atoms with Crippen molar-refractivity contribution in [1.29, 1.82) is 0 Å². The summed E-state index contributed by atoms with van der Waals surface area (Å²) in [7, 11) is 1.60. The number of thioether (sulfide) groups is 1. The van der Waals surface area contributed by atoms with Crippen LogP contribution in [0.3, 0.4) is 0 Å². The van der Waals surface area contributed by atoms with Crippen molar-refractivity contribution in [3.05, 3.63) is 48.5 Å². The van der Waals surface area contributed by atoms with E-state index in [2.05, 4.69) is 15.3 Å². The third kappa shape index (κ3) is 4.04. The summed E-state index contributed by atoms with van der Waals surface area (Å²) in [5.74, 6) is 1.36. The molecule has 1 heterocycles. The van der Waals surface area contributed by atoms with E-state index in [4.69, 9.17) is 4.74 Å². The van der Waals surface area contributed by atoms with Crippen molar-refractivity contribution < 1.29 is 9.53 Å². The Kier molecular flexibility index (Phi) is 4.83. The molecule has 0 radical (unpaired) electrons. The van der Waals surface area contributed by atoms with Crippen LogP contribution in [0.4, 0.5) is 5.69 Å². The standard InChI is InChI=1S/C17H17N3O2S/c1-22-13-6-4-5-12(11-13)18-16(21)9-10-23-17-19-14-7-2-3-8-15(14)20-17/h2-8,11H,9-10H2,1H3,(H,18,21)(H,19,20). The van der Waals surface area contributed by atoms with Crippen LogP contribution >= 0.6 is 11.8 Å². The molecule has 1 aromatic heterocycles. The summed E-state index contributed by atoms with van der Waals surface area (Å²) in [6, 6.07) is 15.2. The lowest BCUT2D eigenvalue weighted by Gasteiger charge is -2.06. The van der Waals surface area contributed by atoms with Gasteiger partial charge in [-0.15, -0.1) is 0 Å². The zero-order valence-corrected chi connectivity index (χ0v) is 13.5. The molecule has 2 aromatic carbocycles. The Bertz CT molecular complexity index is 783. The van der Waals surface area contributed by atoms with E-state index < -0.39 is 0 Å². The van der Waals surface area contributed by atoms with E-state index in [9.17, 15) is 4.79 Å². The molecular weight excluding hydrogens is 310 g/mol. The minimum Gasteiger partial charge on any atom is -0.497 e. The van der Waals surface area contributed by atoms with Crippen molar-refractivity contribution in [2.45, 2.75) is 11.6 Å². The minimum atomic E-state index is -0.0261. The monoisotopic (exact) mass is 327 g/mol. The third-order valence-corrected chi connectivity index (χ3v) is 4.16. The maximum atomic E-state index is 12.0. The Morgan fingerprint density at radius 3 is 2.96 bits per heavy atom. The topological polar surface area (TPSA) is 67.0 Å². The molecule has 0 spiro atoms. The summed E-state index contributed by atoms with van der Waals surface area (Å²) in [5.41, 5.74) is 2.69. The number of fused-ring (bicyclic) bond motifs is 1. The lowest BCUT2D eigenvalue weighted by atomic mass is 10.3. The van der Waals surface area contributed by atoms with Gasteiger partial charge >= 0.3 is 0 Å². The van der Waals surface area contributed by atoms with Crippen LogP contribution in [0.25, 0.3) is 11.0 Å². The molecule has 0 aliphatic carbocycles. The fourth-order valence-corrected chi connectivity index (χ4v) is 2.99. The molecule has 6 heteroatoms. The second-order valence-corrected chi connectivity index (χ2v) is 6.02. The number of amides is 1. The zero-order chi connectivity index (χ0) is 16.1. The number of anilines is 1. The van der Waals surface area contributed by atoms with Gasteiger partial charge in [-0.05, 0) is 24.3 Å². The lowest BCUT2D eigenvalue weighted by molar-refractivity contribution is -0.115. The Labute approximate surface area is 138 Å². The summed E-state index contributed by atoms with van der Waals surface area (Å²) in [4.78, 5) is 19.7. The van der Waals surface area contributed by atoms with Gasteiger partial charge < -0.3 is 15.0 Å². The molecule has 0 unspecified atom stereocenters. The Balaban J connectivity index is 1.50.